The zero-order valence-electron chi connectivity index (χ0n) is 6.79. The summed E-state index contributed by atoms with van der Waals surface area (Å²) in [5.41, 5.74) is 6.70. The van der Waals surface area contributed by atoms with Crippen molar-refractivity contribution in [1.82, 2.24) is 14.3 Å². The third-order valence-electron chi connectivity index (χ3n) is 1.64. The first-order valence-electron chi connectivity index (χ1n) is 3.80. The molecule has 0 aromatic carbocycles. The minimum atomic E-state index is -0.313. The van der Waals surface area contributed by atoms with Gasteiger partial charge in [0.25, 0.3) is 0 Å². The summed E-state index contributed by atoms with van der Waals surface area (Å²) in [5.74, 6) is 0.605. The summed E-state index contributed by atoms with van der Waals surface area (Å²) >= 11 is 1.38. The Balaban J connectivity index is 2.29. The molecule has 0 aliphatic heterocycles. The molecule has 2 heterocycles. The Kier molecular flexibility index (Phi) is 2.29. The summed E-state index contributed by atoms with van der Waals surface area (Å²) in [5, 5.41) is 1.89. The van der Waals surface area contributed by atoms with E-state index in [9.17, 15) is 0 Å². The molecular formula is C8H8N4S. The van der Waals surface area contributed by atoms with Crippen LogP contribution < -0.4 is 5.73 Å². The third-order valence-corrected chi connectivity index (χ3v) is 2.21. The highest BCUT2D eigenvalue weighted by Gasteiger charge is 2.12. The van der Waals surface area contributed by atoms with E-state index in [4.69, 9.17) is 5.73 Å². The molecule has 0 fully saturated rings. The molecule has 1 atom stereocenters. The number of rotatable bonds is 2. The Morgan fingerprint density at radius 1 is 1.31 bits per heavy atom. The van der Waals surface area contributed by atoms with Gasteiger partial charge in [0.2, 0.25) is 0 Å². The van der Waals surface area contributed by atoms with Crippen molar-refractivity contribution < 1.29 is 0 Å². The molecule has 1 unspecified atom stereocenters. The van der Waals surface area contributed by atoms with Gasteiger partial charge in [-0.15, -0.1) is 0 Å². The van der Waals surface area contributed by atoms with Gasteiger partial charge in [-0.05, 0) is 23.7 Å². The lowest BCUT2D eigenvalue weighted by atomic mass is 10.2. The molecular weight excluding hydrogens is 184 g/mol. The largest absolute Gasteiger partial charge is 0.316 e. The average molecular weight is 192 g/mol. The van der Waals surface area contributed by atoms with E-state index in [1.54, 1.807) is 18.5 Å². The molecule has 13 heavy (non-hydrogen) atoms. The summed E-state index contributed by atoms with van der Waals surface area (Å²) in [6.45, 7) is 0. The van der Waals surface area contributed by atoms with Crippen LogP contribution in [0.5, 0.6) is 0 Å². The molecule has 0 aliphatic carbocycles. The Labute approximate surface area is 79.6 Å². The van der Waals surface area contributed by atoms with Gasteiger partial charge < -0.3 is 5.73 Å². The molecule has 2 rings (SSSR count). The summed E-state index contributed by atoms with van der Waals surface area (Å²) in [7, 11) is 0. The zero-order valence-corrected chi connectivity index (χ0v) is 7.61. The topological polar surface area (TPSA) is 64.7 Å². The maximum Gasteiger partial charge on any atom is 0.151 e. The maximum atomic E-state index is 5.88. The van der Waals surface area contributed by atoms with E-state index in [-0.39, 0.29) is 6.04 Å². The third kappa shape index (κ3) is 1.71. The number of hydrogen-bond donors (Lipinski definition) is 1. The Hall–Kier alpha value is -1.33. The van der Waals surface area contributed by atoms with E-state index in [1.165, 1.54) is 11.5 Å². The molecule has 0 bridgehead atoms. The molecule has 0 saturated carbocycles. The van der Waals surface area contributed by atoms with E-state index < -0.39 is 0 Å². The second-order valence-electron chi connectivity index (χ2n) is 2.51. The van der Waals surface area contributed by atoms with Gasteiger partial charge in [-0.25, -0.2) is 9.97 Å². The van der Waals surface area contributed by atoms with Crippen molar-refractivity contribution >= 4 is 11.5 Å². The zero-order chi connectivity index (χ0) is 9.10. The normalized spacial score (nSPS) is 12.7. The number of aromatic nitrogens is 3. The lowest BCUT2D eigenvalue weighted by molar-refractivity contribution is 0.764. The number of nitrogens with zero attached hydrogens (tertiary/aromatic N) is 3. The van der Waals surface area contributed by atoms with Gasteiger partial charge in [-0.1, -0.05) is 0 Å². The molecule has 0 aliphatic rings. The van der Waals surface area contributed by atoms with E-state index in [0.29, 0.717) is 5.82 Å². The van der Waals surface area contributed by atoms with Crippen LogP contribution in [0.2, 0.25) is 0 Å². The summed E-state index contributed by atoms with van der Waals surface area (Å²) in [6.07, 6.45) is 3.35. The predicted molar refractivity (Wildman–Crippen MR) is 50.2 cm³/mol. The van der Waals surface area contributed by atoms with Gasteiger partial charge in [-0.2, -0.15) is 4.37 Å². The monoisotopic (exact) mass is 192 g/mol. The van der Waals surface area contributed by atoms with Gasteiger partial charge >= 0.3 is 0 Å². The fourth-order valence-electron chi connectivity index (χ4n) is 0.986. The van der Waals surface area contributed by atoms with Gasteiger partial charge in [0, 0.05) is 17.8 Å². The van der Waals surface area contributed by atoms with Crippen LogP contribution in [0, 0.1) is 0 Å². The summed E-state index contributed by atoms with van der Waals surface area (Å²) in [4.78, 5) is 8.13. The van der Waals surface area contributed by atoms with Crippen LogP contribution in [0.4, 0.5) is 0 Å². The second-order valence-corrected chi connectivity index (χ2v) is 3.17. The Bertz CT molecular complexity index is 359. The molecule has 0 amide bonds. The molecule has 0 saturated heterocycles. The van der Waals surface area contributed by atoms with Crippen molar-refractivity contribution in [2.75, 3.05) is 0 Å². The Morgan fingerprint density at radius 3 is 2.69 bits per heavy atom. The van der Waals surface area contributed by atoms with Crippen molar-refractivity contribution in [3.05, 3.63) is 41.4 Å². The van der Waals surface area contributed by atoms with Crippen LogP contribution in [-0.2, 0) is 0 Å². The van der Waals surface area contributed by atoms with Crippen molar-refractivity contribution in [3.8, 4) is 0 Å². The van der Waals surface area contributed by atoms with E-state index in [2.05, 4.69) is 14.3 Å². The minimum Gasteiger partial charge on any atom is -0.316 e. The standard InChI is InChI=1S/C8H8N4S/c9-7(6-2-5-13-12-6)8-10-3-1-4-11-8/h1-5,7H,9H2. The molecule has 0 radical (unpaired) electrons. The highest BCUT2D eigenvalue weighted by molar-refractivity contribution is 7.03. The van der Waals surface area contributed by atoms with Crippen LogP contribution in [0.15, 0.2) is 29.9 Å². The number of nitrogens with two attached hydrogens (primary N) is 1. The smallest absolute Gasteiger partial charge is 0.151 e. The van der Waals surface area contributed by atoms with Gasteiger partial charge in [0.1, 0.15) is 6.04 Å². The van der Waals surface area contributed by atoms with Crippen LogP contribution in [0.3, 0.4) is 0 Å². The molecule has 66 valence electrons. The second kappa shape index (κ2) is 3.59. The van der Waals surface area contributed by atoms with Crippen LogP contribution >= 0.6 is 11.5 Å². The highest BCUT2D eigenvalue weighted by atomic mass is 32.1. The Morgan fingerprint density at radius 2 is 2.08 bits per heavy atom. The van der Waals surface area contributed by atoms with Gasteiger partial charge in [-0.3, -0.25) is 0 Å². The lowest BCUT2D eigenvalue weighted by Gasteiger charge is -2.05. The summed E-state index contributed by atoms with van der Waals surface area (Å²) < 4.78 is 4.13. The number of hydrogen-bond acceptors (Lipinski definition) is 5. The van der Waals surface area contributed by atoms with Crippen LogP contribution in [0.25, 0.3) is 0 Å². The fourth-order valence-corrected chi connectivity index (χ4v) is 1.54. The molecule has 5 heteroatoms. The van der Waals surface area contributed by atoms with Crippen LogP contribution in [-0.4, -0.2) is 14.3 Å². The van der Waals surface area contributed by atoms with Gasteiger partial charge in [0.15, 0.2) is 5.82 Å². The van der Waals surface area contributed by atoms with E-state index in [1.807, 2.05) is 11.4 Å². The van der Waals surface area contributed by atoms with Crippen molar-refractivity contribution in [3.63, 3.8) is 0 Å². The SMILES string of the molecule is NC(c1ccsn1)c1ncccn1. The molecule has 2 aromatic heterocycles. The van der Waals surface area contributed by atoms with Crippen molar-refractivity contribution in [2.24, 2.45) is 5.73 Å². The van der Waals surface area contributed by atoms with Crippen molar-refractivity contribution in [2.45, 2.75) is 6.04 Å². The molecule has 2 aromatic rings. The first kappa shape index (κ1) is 8.28. The molecule has 4 nitrogen and oxygen atoms in total. The maximum absolute atomic E-state index is 5.88. The lowest BCUT2D eigenvalue weighted by Crippen LogP contribution is -2.15. The van der Waals surface area contributed by atoms with Gasteiger partial charge in [0.05, 0.1) is 5.69 Å². The molecule has 0 spiro atoms. The van der Waals surface area contributed by atoms with E-state index >= 15 is 0 Å². The highest BCUT2D eigenvalue weighted by Crippen LogP contribution is 2.14. The minimum absolute atomic E-state index is 0.313. The first-order chi connectivity index (χ1) is 6.38. The summed E-state index contributed by atoms with van der Waals surface area (Å²) in [6, 6.07) is 3.33. The first-order valence-corrected chi connectivity index (χ1v) is 4.64. The predicted octanol–water partition coefficient (Wildman–Crippen LogP) is 0.981. The van der Waals surface area contributed by atoms with Crippen molar-refractivity contribution in [1.29, 1.82) is 0 Å². The van der Waals surface area contributed by atoms with Crippen LogP contribution in [0.1, 0.15) is 17.6 Å². The molecule has 2 N–H and O–H groups in total. The quantitative estimate of drug-likeness (QED) is 0.770. The van der Waals surface area contributed by atoms with E-state index in [0.717, 1.165) is 5.69 Å². The fraction of sp³-hybridized carbons (Fsp3) is 0.125. The average Bonchev–Trinajstić information content (AvgIpc) is 2.71.